The van der Waals surface area contributed by atoms with Crippen LogP contribution in [0.25, 0.3) is 0 Å². The Morgan fingerprint density at radius 3 is 2.43 bits per heavy atom. The van der Waals surface area contributed by atoms with Crippen molar-refractivity contribution in [3.05, 3.63) is 35.4 Å². The van der Waals surface area contributed by atoms with Crippen LogP contribution >= 0.6 is 0 Å². The zero-order chi connectivity index (χ0) is 15.5. The smallest absolute Gasteiger partial charge is 0.314 e. The zero-order valence-electron chi connectivity index (χ0n) is 12.8. The van der Waals surface area contributed by atoms with Gasteiger partial charge in [-0.25, -0.2) is 0 Å². The van der Waals surface area contributed by atoms with Gasteiger partial charge >= 0.3 is 6.18 Å². The van der Waals surface area contributed by atoms with Gasteiger partial charge in [-0.1, -0.05) is 44.9 Å². The lowest BCUT2D eigenvalue weighted by molar-refractivity contribution is -0.137. The molecule has 1 aliphatic rings. The van der Waals surface area contributed by atoms with Gasteiger partial charge in [-0.05, 0) is 36.3 Å². The number of alkyl halides is 3. The first-order valence-corrected chi connectivity index (χ1v) is 7.70. The van der Waals surface area contributed by atoms with Crippen LogP contribution in [0.5, 0.6) is 0 Å². The van der Waals surface area contributed by atoms with Crippen molar-refractivity contribution in [2.24, 2.45) is 5.41 Å². The molecule has 0 radical (unpaired) electrons. The van der Waals surface area contributed by atoms with Gasteiger partial charge in [0.05, 0.1) is 5.56 Å². The monoisotopic (exact) mass is 299 g/mol. The molecular formula is C17H24F3N. The minimum absolute atomic E-state index is 0.120. The maximum absolute atomic E-state index is 12.8. The Hall–Kier alpha value is -1.03. The number of halogens is 3. The highest BCUT2D eigenvalue weighted by molar-refractivity contribution is 5.26. The van der Waals surface area contributed by atoms with E-state index in [9.17, 15) is 13.2 Å². The topological polar surface area (TPSA) is 12.0 Å². The lowest BCUT2D eigenvalue weighted by atomic mass is 9.79. The summed E-state index contributed by atoms with van der Waals surface area (Å²) in [4.78, 5) is 0. The van der Waals surface area contributed by atoms with E-state index in [0.717, 1.165) is 37.4 Å². The van der Waals surface area contributed by atoms with E-state index in [4.69, 9.17) is 0 Å². The van der Waals surface area contributed by atoms with E-state index in [1.807, 2.05) is 6.07 Å². The number of hydrogen-bond acceptors (Lipinski definition) is 1. The fourth-order valence-corrected chi connectivity index (χ4v) is 3.25. The molecule has 0 spiro atoms. The number of nitrogens with one attached hydrogen (secondary N) is 1. The first kappa shape index (κ1) is 16.3. The number of hydrogen-bond donors (Lipinski definition) is 1. The second-order valence-electron chi connectivity index (χ2n) is 6.62. The van der Waals surface area contributed by atoms with Crippen molar-refractivity contribution in [3.63, 3.8) is 0 Å². The van der Waals surface area contributed by atoms with E-state index in [1.54, 1.807) is 0 Å². The van der Waals surface area contributed by atoms with Gasteiger partial charge in [-0.3, -0.25) is 0 Å². The predicted octanol–water partition coefficient (Wildman–Crippen LogP) is 4.81. The molecular weight excluding hydrogens is 275 g/mol. The normalized spacial score (nSPS) is 18.4. The second-order valence-corrected chi connectivity index (χ2v) is 6.62. The van der Waals surface area contributed by atoms with E-state index in [-0.39, 0.29) is 5.41 Å². The molecule has 1 saturated carbocycles. The minimum Gasteiger partial charge on any atom is -0.314 e. The molecule has 0 aromatic heterocycles. The Morgan fingerprint density at radius 1 is 1.19 bits per heavy atom. The quantitative estimate of drug-likeness (QED) is 0.823. The molecule has 1 N–H and O–H groups in total. The first-order valence-electron chi connectivity index (χ1n) is 7.70. The van der Waals surface area contributed by atoms with Crippen molar-refractivity contribution < 1.29 is 13.2 Å². The maximum Gasteiger partial charge on any atom is 0.416 e. The van der Waals surface area contributed by atoms with Gasteiger partial charge in [0.1, 0.15) is 0 Å². The predicted molar refractivity (Wildman–Crippen MR) is 79.2 cm³/mol. The van der Waals surface area contributed by atoms with Gasteiger partial charge in [0.15, 0.2) is 0 Å². The summed E-state index contributed by atoms with van der Waals surface area (Å²) in [7, 11) is 0. The van der Waals surface area contributed by atoms with Crippen LogP contribution in [0.3, 0.4) is 0 Å². The summed E-state index contributed by atoms with van der Waals surface area (Å²) < 4.78 is 38.5. The van der Waals surface area contributed by atoms with Crippen molar-refractivity contribution >= 4 is 0 Å². The third kappa shape index (κ3) is 4.47. The lowest BCUT2D eigenvalue weighted by Gasteiger charge is -2.31. The summed E-state index contributed by atoms with van der Waals surface area (Å²) in [5.74, 6) is 0. The van der Waals surface area contributed by atoms with E-state index < -0.39 is 11.7 Å². The molecule has 0 aliphatic heterocycles. The van der Waals surface area contributed by atoms with Gasteiger partial charge in [0.2, 0.25) is 0 Å². The standard InChI is InChI=1S/C17H24F3N/c1-13(2)21-12-16(8-3-4-9-16)11-14-6-5-7-15(10-14)17(18,19)20/h5-7,10,13,21H,3-4,8-9,11-12H2,1-2H3. The molecule has 0 atom stereocenters. The first-order chi connectivity index (χ1) is 9.81. The maximum atomic E-state index is 12.8. The van der Waals surface area contributed by atoms with E-state index in [2.05, 4.69) is 19.2 Å². The van der Waals surface area contributed by atoms with Crippen LogP contribution in [0.15, 0.2) is 24.3 Å². The molecule has 1 nitrogen and oxygen atoms in total. The molecule has 0 unspecified atom stereocenters. The van der Waals surface area contributed by atoms with Crippen LogP contribution < -0.4 is 5.32 Å². The van der Waals surface area contributed by atoms with Crippen LogP contribution in [0, 0.1) is 5.41 Å². The summed E-state index contributed by atoms with van der Waals surface area (Å²) in [6.45, 7) is 5.10. The Morgan fingerprint density at radius 2 is 1.86 bits per heavy atom. The lowest BCUT2D eigenvalue weighted by Crippen LogP contribution is -2.37. The highest BCUT2D eigenvalue weighted by Crippen LogP contribution is 2.41. The van der Waals surface area contributed by atoms with Crippen LogP contribution in [0.4, 0.5) is 13.2 Å². The molecule has 0 saturated heterocycles. The summed E-state index contributed by atoms with van der Waals surface area (Å²) in [5.41, 5.74) is 0.386. The summed E-state index contributed by atoms with van der Waals surface area (Å²) in [6.07, 6.45) is 1.04. The molecule has 1 aromatic rings. The number of rotatable bonds is 5. The average Bonchev–Trinajstić information content (AvgIpc) is 2.85. The van der Waals surface area contributed by atoms with E-state index in [0.29, 0.717) is 6.04 Å². The fourth-order valence-electron chi connectivity index (χ4n) is 3.25. The largest absolute Gasteiger partial charge is 0.416 e. The van der Waals surface area contributed by atoms with Gasteiger partial charge in [0.25, 0.3) is 0 Å². The number of benzene rings is 1. The van der Waals surface area contributed by atoms with E-state index in [1.165, 1.54) is 25.0 Å². The van der Waals surface area contributed by atoms with Crippen molar-refractivity contribution in [2.45, 2.75) is 58.2 Å². The van der Waals surface area contributed by atoms with Crippen LogP contribution in [0.2, 0.25) is 0 Å². The second kappa shape index (κ2) is 6.39. The Kier molecular flexibility index (Phi) is 4.97. The van der Waals surface area contributed by atoms with Crippen LogP contribution in [-0.4, -0.2) is 12.6 Å². The highest BCUT2D eigenvalue weighted by Gasteiger charge is 2.35. The van der Waals surface area contributed by atoms with Gasteiger partial charge in [0, 0.05) is 12.6 Å². The molecule has 0 heterocycles. The van der Waals surface area contributed by atoms with Crippen molar-refractivity contribution in [3.8, 4) is 0 Å². The Balaban J connectivity index is 2.14. The van der Waals surface area contributed by atoms with Crippen LogP contribution in [-0.2, 0) is 12.6 Å². The summed E-state index contributed by atoms with van der Waals surface area (Å²) in [5, 5.41) is 3.47. The molecule has 118 valence electrons. The van der Waals surface area contributed by atoms with E-state index >= 15 is 0 Å². The molecule has 1 aliphatic carbocycles. The van der Waals surface area contributed by atoms with Crippen molar-refractivity contribution in [1.82, 2.24) is 5.32 Å². The van der Waals surface area contributed by atoms with Crippen molar-refractivity contribution in [1.29, 1.82) is 0 Å². The van der Waals surface area contributed by atoms with Crippen molar-refractivity contribution in [2.75, 3.05) is 6.54 Å². The fraction of sp³-hybridized carbons (Fsp3) is 0.647. The Bertz CT molecular complexity index is 459. The van der Waals surface area contributed by atoms with Gasteiger partial charge in [-0.15, -0.1) is 0 Å². The highest BCUT2D eigenvalue weighted by atomic mass is 19.4. The molecule has 2 rings (SSSR count). The summed E-state index contributed by atoms with van der Waals surface area (Å²) >= 11 is 0. The SMILES string of the molecule is CC(C)NCC1(Cc2cccc(C(F)(F)F)c2)CCCC1. The average molecular weight is 299 g/mol. The molecule has 0 bridgehead atoms. The third-order valence-electron chi connectivity index (χ3n) is 4.38. The Labute approximate surface area is 124 Å². The summed E-state index contributed by atoms with van der Waals surface area (Å²) in [6, 6.07) is 6.22. The van der Waals surface area contributed by atoms with Gasteiger partial charge in [-0.2, -0.15) is 13.2 Å². The minimum atomic E-state index is -4.25. The molecule has 1 aromatic carbocycles. The van der Waals surface area contributed by atoms with Gasteiger partial charge < -0.3 is 5.32 Å². The molecule has 4 heteroatoms. The third-order valence-corrected chi connectivity index (χ3v) is 4.38. The molecule has 1 fully saturated rings. The zero-order valence-corrected chi connectivity index (χ0v) is 12.8. The molecule has 0 amide bonds. The van der Waals surface area contributed by atoms with Crippen LogP contribution in [0.1, 0.15) is 50.7 Å². The molecule has 21 heavy (non-hydrogen) atoms.